The number of ether oxygens (including phenoxy) is 1. The van der Waals surface area contributed by atoms with E-state index in [1.807, 2.05) is 38.1 Å². The highest BCUT2D eigenvalue weighted by molar-refractivity contribution is 5.90. The van der Waals surface area contributed by atoms with Gasteiger partial charge < -0.3 is 4.74 Å². The first-order valence-corrected chi connectivity index (χ1v) is 5.54. The number of aryl methyl sites for hydroxylation is 2. The Morgan fingerprint density at radius 2 is 2.29 bits per heavy atom. The van der Waals surface area contributed by atoms with Crippen LogP contribution in [0.4, 0.5) is 10.5 Å². The standard InChI is InChI=1S/C13H14N2O2/c1-9-3-4-12(10(2)7-9)15-8-11(5-6-14)17-13(15)16/h3-4,7,11H,5,8H2,1-2H3. The van der Waals surface area contributed by atoms with E-state index in [-0.39, 0.29) is 18.6 Å². The fraction of sp³-hybridized carbons (Fsp3) is 0.385. The molecule has 17 heavy (non-hydrogen) atoms. The molecule has 1 aliphatic rings. The van der Waals surface area contributed by atoms with E-state index in [0.717, 1.165) is 16.8 Å². The third kappa shape index (κ3) is 2.23. The molecular weight excluding hydrogens is 216 g/mol. The van der Waals surface area contributed by atoms with Crippen LogP contribution >= 0.6 is 0 Å². The Morgan fingerprint density at radius 1 is 1.53 bits per heavy atom. The minimum absolute atomic E-state index is 0.243. The molecule has 0 bridgehead atoms. The van der Waals surface area contributed by atoms with Gasteiger partial charge in [-0.1, -0.05) is 17.7 Å². The van der Waals surface area contributed by atoms with E-state index in [1.54, 1.807) is 4.90 Å². The maximum absolute atomic E-state index is 11.7. The molecule has 0 N–H and O–H groups in total. The summed E-state index contributed by atoms with van der Waals surface area (Å²) in [4.78, 5) is 13.3. The molecule has 1 aromatic carbocycles. The fourth-order valence-electron chi connectivity index (χ4n) is 2.03. The van der Waals surface area contributed by atoms with E-state index in [9.17, 15) is 4.79 Å². The Balaban J connectivity index is 2.23. The van der Waals surface area contributed by atoms with E-state index in [2.05, 4.69) is 0 Å². The summed E-state index contributed by atoms with van der Waals surface area (Å²) in [7, 11) is 0. The van der Waals surface area contributed by atoms with Crippen LogP contribution in [0.15, 0.2) is 18.2 Å². The van der Waals surface area contributed by atoms with Gasteiger partial charge in [-0.2, -0.15) is 5.26 Å². The molecule has 0 aromatic heterocycles. The number of cyclic esters (lactones) is 1. The number of anilines is 1. The third-order valence-corrected chi connectivity index (χ3v) is 2.84. The van der Waals surface area contributed by atoms with E-state index in [0.29, 0.717) is 6.54 Å². The molecule has 1 amide bonds. The third-order valence-electron chi connectivity index (χ3n) is 2.84. The minimum atomic E-state index is -0.364. The first kappa shape index (κ1) is 11.5. The van der Waals surface area contributed by atoms with Gasteiger partial charge in [0.05, 0.1) is 24.7 Å². The Labute approximate surface area is 100 Å². The molecule has 1 fully saturated rings. The molecule has 1 aliphatic heterocycles. The normalized spacial score (nSPS) is 19.0. The molecule has 1 atom stereocenters. The van der Waals surface area contributed by atoms with Crippen LogP contribution in [-0.2, 0) is 4.74 Å². The molecule has 88 valence electrons. The van der Waals surface area contributed by atoms with Crippen LogP contribution in [0.1, 0.15) is 17.5 Å². The molecule has 1 aromatic rings. The number of nitriles is 1. The van der Waals surface area contributed by atoms with E-state index < -0.39 is 0 Å². The molecule has 1 unspecified atom stereocenters. The second kappa shape index (κ2) is 4.46. The predicted molar refractivity (Wildman–Crippen MR) is 63.8 cm³/mol. The fourth-order valence-corrected chi connectivity index (χ4v) is 2.03. The Bertz CT molecular complexity index is 491. The van der Waals surface area contributed by atoms with Gasteiger partial charge in [-0.15, -0.1) is 0 Å². The van der Waals surface area contributed by atoms with Gasteiger partial charge in [-0.3, -0.25) is 4.90 Å². The van der Waals surface area contributed by atoms with E-state index in [1.165, 1.54) is 0 Å². The van der Waals surface area contributed by atoms with Crippen LogP contribution in [0, 0.1) is 25.2 Å². The zero-order valence-corrected chi connectivity index (χ0v) is 9.93. The second-order valence-corrected chi connectivity index (χ2v) is 4.27. The molecular formula is C13H14N2O2. The highest BCUT2D eigenvalue weighted by atomic mass is 16.6. The molecule has 4 heteroatoms. The van der Waals surface area contributed by atoms with Gasteiger partial charge in [-0.05, 0) is 25.5 Å². The molecule has 1 saturated heterocycles. The lowest BCUT2D eigenvalue weighted by Crippen LogP contribution is -2.25. The van der Waals surface area contributed by atoms with Crippen LogP contribution < -0.4 is 4.90 Å². The van der Waals surface area contributed by atoms with Crippen molar-refractivity contribution < 1.29 is 9.53 Å². The number of rotatable bonds is 2. The van der Waals surface area contributed by atoms with Crippen LogP contribution in [0.3, 0.4) is 0 Å². The lowest BCUT2D eigenvalue weighted by atomic mass is 10.1. The van der Waals surface area contributed by atoms with Gasteiger partial charge in [0.15, 0.2) is 0 Å². The number of hydrogen-bond donors (Lipinski definition) is 0. The average molecular weight is 230 g/mol. The van der Waals surface area contributed by atoms with Crippen molar-refractivity contribution in [3.05, 3.63) is 29.3 Å². The highest BCUT2D eigenvalue weighted by Gasteiger charge is 2.32. The zero-order valence-electron chi connectivity index (χ0n) is 9.93. The molecule has 0 spiro atoms. The predicted octanol–water partition coefficient (Wildman–Crippen LogP) is 2.54. The van der Waals surface area contributed by atoms with Gasteiger partial charge in [0, 0.05) is 0 Å². The lowest BCUT2D eigenvalue weighted by molar-refractivity contribution is 0.143. The summed E-state index contributed by atoms with van der Waals surface area (Å²) < 4.78 is 5.12. The van der Waals surface area contributed by atoms with Crippen LogP contribution in [-0.4, -0.2) is 18.7 Å². The lowest BCUT2D eigenvalue weighted by Gasteiger charge is -2.15. The van der Waals surface area contributed by atoms with E-state index >= 15 is 0 Å². The van der Waals surface area contributed by atoms with Crippen molar-refractivity contribution >= 4 is 11.8 Å². The first-order valence-electron chi connectivity index (χ1n) is 5.54. The number of nitrogens with zero attached hydrogens (tertiary/aromatic N) is 2. The van der Waals surface area contributed by atoms with Gasteiger partial charge in [0.1, 0.15) is 6.10 Å². The monoisotopic (exact) mass is 230 g/mol. The van der Waals surface area contributed by atoms with Crippen molar-refractivity contribution in [2.75, 3.05) is 11.4 Å². The maximum atomic E-state index is 11.7. The summed E-state index contributed by atoms with van der Waals surface area (Å²) >= 11 is 0. The molecule has 0 aliphatic carbocycles. The molecule has 2 rings (SSSR count). The highest BCUT2D eigenvalue weighted by Crippen LogP contribution is 2.26. The smallest absolute Gasteiger partial charge is 0.414 e. The summed E-state index contributed by atoms with van der Waals surface area (Å²) in [6, 6.07) is 7.93. The van der Waals surface area contributed by atoms with Gasteiger partial charge >= 0.3 is 6.09 Å². The number of benzene rings is 1. The quantitative estimate of drug-likeness (QED) is 0.784. The second-order valence-electron chi connectivity index (χ2n) is 4.27. The van der Waals surface area contributed by atoms with Gasteiger partial charge in [-0.25, -0.2) is 4.79 Å². The number of carbonyl (C=O) groups excluding carboxylic acids is 1. The molecule has 0 saturated carbocycles. The Kier molecular flexibility index (Phi) is 3.01. The topological polar surface area (TPSA) is 53.3 Å². The van der Waals surface area contributed by atoms with Crippen molar-refractivity contribution in [3.63, 3.8) is 0 Å². The Hall–Kier alpha value is -2.02. The number of amides is 1. The average Bonchev–Trinajstić information content (AvgIpc) is 2.60. The number of carbonyl (C=O) groups is 1. The van der Waals surface area contributed by atoms with E-state index in [4.69, 9.17) is 10.00 Å². The summed E-state index contributed by atoms with van der Waals surface area (Å²) in [5, 5.41) is 8.60. The Morgan fingerprint density at radius 3 is 2.94 bits per heavy atom. The van der Waals surface area contributed by atoms with Gasteiger partial charge in [0.25, 0.3) is 0 Å². The maximum Gasteiger partial charge on any atom is 0.414 e. The van der Waals surface area contributed by atoms with Crippen LogP contribution in [0.2, 0.25) is 0 Å². The summed E-state index contributed by atoms with van der Waals surface area (Å²) in [6.07, 6.45) is -0.432. The van der Waals surface area contributed by atoms with Crippen molar-refractivity contribution in [1.29, 1.82) is 5.26 Å². The SMILES string of the molecule is Cc1ccc(N2CC(CC#N)OC2=O)c(C)c1. The van der Waals surface area contributed by atoms with Crippen LogP contribution in [0.5, 0.6) is 0 Å². The summed E-state index contributed by atoms with van der Waals surface area (Å²) in [6.45, 7) is 4.43. The minimum Gasteiger partial charge on any atom is -0.443 e. The van der Waals surface area contributed by atoms with Crippen molar-refractivity contribution in [2.24, 2.45) is 0 Å². The molecule has 1 heterocycles. The molecule has 4 nitrogen and oxygen atoms in total. The van der Waals surface area contributed by atoms with Crippen molar-refractivity contribution in [1.82, 2.24) is 0 Å². The largest absolute Gasteiger partial charge is 0.443 e. The van der Waals surface area contributed by atoms with Crippen LogP contribution in [0.25, 0.3) is 0 Å². The summed E-state index contributed by atoms with van der Waals surface area (Å²) in [5.74, 6) is 0. The zero-order chi connectivity index (χ0) is 12.4. The first-order chi connectivity index (χ1) is 8.11. The molecule has 0 radical (unpaired) electrons. The number of hydrogen-bond acceptors (Lipinski definition) is 3. The summed E-state index contributed by atoms with van der Waals surface area (Å²) in [5.41, 5.74) is 3.06. The van der Waals surface area contributed by atoms with Crippen molar-refractivity contribution in [2.45, 2.75) is 26.4 Å². The van der Waals surface area contributed by atoms with Crippen molar-refractivity contribution in [3.8, 4) is 6.07 Å². The van der Waals surface area contributed by atoms with Gasteiger partial charge in [0.2, 0.25) is 0 Å².